The van der Waals surface area contributed by atoms with Crippen molar-refractivity contribution in [1.82, 2.24) is 10.6 Å². The van der Waals surface area contributed by atoms with Gasteiger partial charge in [0.15, 0.2) is 5.11 Å². The van der Waals surface area contributed by atoms with Gasteiger partial charge in [0.05, 0.1) is 0 Å². The fourth-order valence-corrected chi connectivity index (χ4v) is 2.34. The number of carbonyl (C=O) groups excluding carboxylic acids is 2. The van der Waals surface area contributed by atoms with Crippen LogP contribution in [-0.4, -0.2) is 23.5 Å². The van der Waals surface area contributed by atoms with Gasteiger partial charge in [-0.3, -0.25) is 14.9 Å². The van der Waals surface area contributed by atoms with Gasteiger partial charge >= 0.3 is 0 Å². The quantitative estimate of drug-likeness (QED) is 0.748. The Bertz CT molecular complexity index is 757. The summed E-state index contributed by atoms with van der Waals surface area (Å²) in [4.78, 5) is 23.9. The molecule has 3 N–H and O–H groups in total. The minimum atomic E-state index is -0.260. The second-order valence-electron chi connectivity index (χ2n) is 5.16. The van der Waals surface area contributed by atoms with Gasteiger partial charge in [-0.15, -0.1) is 0 Å². The van der Waals surface area contributed by atoms with Crippen molar-refractivity contribution < 1.29 is 9.59 Å². The first-order chi connectivity index (χ1) is 11.5. The summed E-state index contributed by atoms with van der Waals surface area (Å²) in [7, 11) is 0. The van der Waals surface area contributed by atoms with Crippen molar-refractivity contribution in [2.24, 2.45) is 0 Å². The molecule has 2 aromatic rings. The lowest BCUT2D eigenvalue weighted by atomic mass is 10.1. The molecular formula is C18H19N3O2S. The molecule has 2 aromatic carbocycles. The number of benzene rings is 2. The minimum absolute atomic E-state index is 0.125. The van der Waals surface area contributed by atoms with Gasteiger partial charge in [0.2, 0.25) is 0 Å². The van der Waals surface area contributed by atoms with E-state index in [1.54, 1.807) is 36.4 Å². The van der Waals surface area contributed by atoms with Gasteiger partial charge in [0.25, 0.3) is 11.8 Å². The van der Waals surface area contributed by atoms with E-state index in [2.05, 4.69) is 16.0 Å². The third kappa shape index (κ3) is 4.63. The molecule has 5 nitrogen and oxygen atoms in total. The number of nitrogens with one attached hydrogen (secondary N) is 3. The van der Waals surface area contributed by atoms with Gasteiger partial charge in [-0.2, -0.15) is 0 Å². The number of amides is 2. The summed E-state index contributed by atoms with van der Waals surface area (Å²) in [5, 5.41) is 8.51. The van der Waals surface area contributed by atoms with Crippen molar-refractivity contribution in [2.75, 3.05) is 11.9 Å². The largest absolute Gasteiger partial charge is 0.352 e. The third-order valence-electron chi connectivity index (χ3n) is 3.36. The summed E-state index contributed by atoms with van der Waals surface area (Å²) in [5.41, 5.74) is 2.72. The van der Waals surface area contributed by atoms with E-state index in [9.17, 15) is 9.59 Å². The molecule has 0 atom stereocenters. The van der Waals surface area contributed by atoms with Crippen molar-refractivity contribution in [3.63, 3.8) is 0 Å². The highest BCUT2D eigenvalue weighted by atomic mass is 32.1. The molecule has 0 fully saturated rings. The van der Waals surface area contributed by atoms with Crippen LogP contribution in [0.2, 0.25) is 0 Å². The van der Waals surface area contributed by atoms with Gasteiger partial charge < -0.3 is 10.6 Å². The van der Waals surface area contributed by atoms with Crippen molar-refractivity contribution in [2.45, 2.75) is 13.8 Å². The van der Waals surface area contributed by atoms with Crippen molar-refractivity contribution >= 4 is 34.8 Å². The summed E-state index contributed by atoms with van der Waals surface area (Å²) >= 11 is 5.16. The molecule has 24 heavy (non-hydrogen) atoms. The number of anilines is 1. The van der Waals surface area contributed by atoms with Crippen LogP contribution in [0.3, 0.4) is 0 Å². The highest BCUT2D eigenvalue weighted by Crippen LogP contribution is 2.10. The Hall–Kier alpha value is -2.73. The van der Waals surface area contributed by atoms with E-state index >= 15 is 0 Å². The minimum Gasteiger partial charge on any atom is -0.352 e. The van der Waals surface area contributed by atoms with E-state index in [0.717, 1.165) is 5.56 Å². The molecule has 6 heteroatoms. The van der Waals surface area contributed by atoms with Crippen LogP contribution in [0.1, 0.15) is 33.2 Å². The van der Waals surface area contributed by atoms with Crippen LogP contribution in [0.4, 0.5) is 5.69 Å². The predicted molar refractivity (Wildman–Crippen MR) is 99.3 cm³/mol. The van der Waals surface area contributed by atoms with E-state index < -0.39 is 0 Å². The van der Waals surface area contributed by atoms with Gasteiger partial charge in [0, 0.05) is 23.4 Å². The Labute approximate surface area is 146 Å². The maximum atomic E-state index is 12.2. The Kier molecular flexibility index (Phi) is 6.03. The van der Waals surface area contributed by atoms with Crippen LogP contribution in [0.25, 0.3) is 0 Å². The van der Waals surface area contributed by atoms with Gasteiger partial charge in [-0.25, -0.2) is 0 Å². The molecule has 0 aromatic heterocycles. The van der Waals surface area contributed by atoms with Crippen LogP contribution in [0.5, 0.6) is 0 Å². The summed E-state index contributed by atoms with van der Waals surface area (Å²) < 4.78 is 0. The zero-order valence-corrected chi connectivity index (χ0v) is 14.4. The molecule has 0 saturated carbocycles. The first-order valence-electron chi connectivity index (χ1n) is 7.57. The Morgan fingerprint density at radius 3 is 2.29 bits per heavy atom. The summed E-state index contributed by atoms with van der Waals surface area (Å²) in [6.45, 7) is 4.31. The SMILES string of the molecule is CCNC(=O)c1ccc(NC(=S)NC(=O)c2ccccc2C)cc1. The first-order valence-corrected chi connectivity index (χ1v) is 7.98. The number of carbonyl (C=O) groups is 2. The van der Waals surface area contributed by atoms with E-state index in [1.807, 2.05) is 26.0 Å². The number of rotatable bonds is 4. The zero-order valence-electron chi connectivity index (χ0n) is 13.6. The molecule has 2 rings (SSSR count). The lowest BCUT2D eigenvalue weighted by Crippen LogP contribution is -2.34. The molecule has 0 aliphatic heterocycles. The van der Waals surface area contributed by atoms with E-state index in [1.165, 1.54) is 0 Å². The van der Waals surface area contributed by atoms with Crippen molar-refractivity contribution in [3.8, 4) is 0 Å². The third-order valence-corrected chi connectivity index (χ3v) is 3.56. The van der Waals surface area contributed by atoms with E-state index in [4.69, 9.17) is 12.2 Å². The zero-order chi connectivity index (χ0) is 17.5. The predicted octanol–water partition coefficient (Wildman–Crippen LogP) is 2.87. The summed E-state index contributed by atoms with van der Waals surface area (Å²) in [6.07, 6.45) is 0. The van der Waals surface area contributed by atoms with Crippen LogP contribution in [-0.2, 0) is 0 Å². The van der Waals surface area contributed by atoms with Crippen molar-refractivity contribution in [3.05, 3.63) is 65.2 Å². The van der Waals surface area contributed by atoms with Crippen LogP contribution < -0.4 is 16.0 Å². The average molecular weight is 341 g/mol. The molecule has 0 aliphatic rings. The van der Waals surface area contributed by atoms with E-state index in [0.29, 0.717) is 23.4 Å². The standard InChI is InChI=1S/C18H19N3O2S/c1-3-19-16(22)13-8-10-14(11-9-13)20-18(24)21-17(23)15-7-5-4-6-12(15)2/h4-11H,3H2,1-2H3,(H,19,22)(H2,20,21,23,24). The number of hydrogen-bond acceptors (Lipinski definition) is 3. The molecule has 0 saturated heterocycles. The molecule has 0 spiro atoms. The fourth-order valence-electron chi connectivity index (χ4n) is 2.13. The molecule has 0 heterocycles. The highest BCUT2D eigenvalue weighted by molar-refractivity contribution is 7.80. The number of aryl methyl sites for hydroxylation is 1. The maximum absolute atomic E-state index is 12.2. The molecule has 0 unspecified atom stereocenters. The summed E-state index contributed by atoms with van der Waals surface area (Å²) in [6, 6.07) is 14.1. The molecule has 0 radical (unpaired) electrons. The summed E-state index contributed by atoms with van der Waals surface area (Å²) in [5.74, 6) is -0.385. The van der Waals surface area contributed by atoms with Crippen molar-refractivity contribution in [1.29, 1.82) is 0 Å². The van der Waals surface area contributed by atoms with E-state index in [-0.39, 0.29) is 16.9 Å². The van der Waals surface area contributed by atoms with Gasteiger partial charge in [-0.1, -0.05) is 18.2 Å². The first kappa shape index (κ1) is 17.6. The Balaban J connectivity index is 1.96. The highest BCUT2D eigenvalue weighted by Gasteiger charge is 2.10. The topological polar surface area (TPSA) is 70.2 Å². The lowest BCUT2D eigenvalue weighted by Gasteiger charge is -2.11. The fraction of sp³-hybridized carbons (Fsp3) is 0.167. The number of thiocarbonyl (C=S) groups is 1. The second kappa shape index (κ2) is 8.21. The molecule has 0 aliphatic carbocycles. The molecule has 2 amide bonds. The second-order valence-corrected chi connectivity index (χ2v) is 5.57. The smallest absolute Gasteiger partial charge is 0.257 e. The number of hydrogen-bond donors (Lipinski definition) is 3. The Morgan fingerprint density at radius 1 is 1.00 bits per heavy atom. The molecular weight excluding hydrogens is 322 g/mol. The normalized spacial score (nSPS) is 9.92. The van der Waals surface area contributed by atoms with Crippen LogP contribution in [0, 0.1) is 6.92 Å². The Morgan fingerprint density at radius 2 is 1.67 bits per heavy atom. The van der Waals surface area contributed by atoms with Gasteiger partial charge in [-0.05, 0) is 62.0 Å². The molecule has 0 bridgehead atoms. The average Bonchev–Trinajstić information content (AvgIpc) is 2.56. The lowest BCUT2D eigenvalue weighted by molar-refractivity contribution is 0.0953. The molecule has 124 valence electrons. The van der Waals surface area contributed by atoms with Gasteiger partial charge in [0.1, 0.15) is 0 Å². The van der Waals surface area contributed by atoms with Crippen LogP contribution in [0.15, 0.2) is 48.5 Å². The van der Waals surface area contributed by atoms with Crippen LogP contribution >= 0.6 is 12.2 Å². The monoisotopic (exact) mass is 341 g/mol. The maximum Gasteiger partial charge on any atom is 0.257 e.